The van der Waals surface area contributed by atoms with Crippen LogP contribution in [0.1, 0.15) is 43.0 Å². The Bertz CT molecular complexity index is 1330. The van der Waals surface area contributed by atoms with Crippen LogP contribution in [0.2, 0.25) is 5.02 Å². The van der Waals surface area contributed by atoms with Crippen molar-refractivity contribution in [1.29, 1.82) is 0 Å². The Balaban J connectivity index is 1.79. The van der Waals surface area contributed by atoms with Crippen molar-refractivity contribution in [2.45, 2.75) is 50.9 Å². The lowest BCUT2D eigenvalue weighted by molar-refractivity contribution is 0.589. The fourth-order valence-electron chi connectivity index (χ4n) is 3.82. The zero-order valence-corrected chi connectivity index (χ0v) is 20.6. The SMILES string of the molecule is Cc1cc(C(C)(C)C)cc(C)c1CSc1nc2ccccc2c(=O)n1-c1ccc(Cl)cc1. The fourth-order valence-corrected chi connectivity index (χ4v) is 5.15. The molecule has 0 unspecified atom stereocenters. The molecule has 4 aromatic rings. The maximum atomic E-state index is 13.4. The summed E-state index contributed by atoms with van der Waals surface area (Å²) in [5, 5.41) is 1.92. The van der Waals surface area contributed by atoms with Crippen molar-refractivity contribution >= 4 is 34.3 Å². The van der Waals surface area contributed by atoms with Gasteiger partial charge < -0.3 is 0 Å². The Morgan fingerprint density at radius 3 is 2.22 bits per heavy atom. The molecule has 0 radical (unpaired) electrons. The van der Waals surface area contributed by atoms with E-state index >= 15 is 0 Å². The molecule has 0 N–H and O–H groups in total. The molecule has 0 fully saturated rings. The quantitative estimate of drug-likeness (QED) is 0.236. The third kappa shape index (κ3) is 4.48. The van der Waals surface area contributed by atoms with Crippen molar-refractivity contribution in [3.63, 3.8) is 0 Å². The highest BCUT2D eigenvalue weighted by Gasteiger charge is 2.18. The van der Waals surface area contributed by atoms with Crippen LogP contribution in [-0.2, 0) is 11.2 Å². The molecule has 0 bridgehead atoms. The van der Waals surface area contributed by atoms with Crippen LogP contribution < -0.4 is 5.56 Å². The van der Waals surface area contributed by atoms with Gasteiger partial charge in [-0.1, -0.05) is 68.4 Å². The number of halogens is 1. The lowest BCUT2D eigenvalue weighted by atomic mass is 9.84. The number of hydrogen-bond acceptors (Lipinski definition) is 3. The number of aryl methyl sites for hydroxylation is 2. The van der Waals surface area contributed by atoms with Crippen molar-refractivity contribution in [1.82, 2.24) is 9.55 Å². The molecular formula is C27H27ClN2OS. The number of para-hydroxylation sites is 1. The Labute approximate surface area is 198 Å². The van der Waals surface area contributed by atoms with Crippen LogP contribution in [0.4, 0.5) is 0 Å². The molecule has 0 spiro atoms. The van der Waals surface area contributed by atoms with Gasteiger partial charge >= 0.3 is 0 Å². The molecule has 3 aromatic carbocycles. The van der Waals surface area contributed by atoms with Gasteiger partial charge in [0.1, 0.15) is 0 Å². The topological polar surface area (TPSA) is 34.9 Å². The second-order valence-corrected chi connectivity index (χ2v) is 10.5. The third-order valence-electron chi connectivity index (χ3n) is 5.74. The van der Waals surface area contributed by atoms with Crippen LogP contribution in [-0.4, -0.2) is 9.55 Å². The number of hydrogen-bond donors (Lipinski definition) is 0. The summed E-state index contributed by atoms with van der Waals surface area (Å²) in [6.07, 6.45) is 0. The molecule has 3 nitrogen and oxygen atoms in total. The number of fused-ring (bicyclic) bond motifs is 1. The average Bonchev–Trinajstić information content (AvgIpc) is 2.73. The minimum Gasteiger partial charge on any atom is -0.268 e. The van der Waals surface area contributed by atoms with Crippen LogP contribution in [0.3, 0.4) is 0 Å². The van der Waals surface area contributed by atoms with Crippen molar-refractivity contribution in [2.24, 2.45) is 0 Å². The summed E-state index contributed by atoms with van der Waals surface area (Å²) >= 11 is 7.68. The summed E-state index contributed by atoms with van der Waals surface area (Å²) in [5.41, 5.74) is 6.66. The second-order valence-electron chi connectivity index (χ2n) is 9.16. The van der Waals surface area contributed by atoms with Gasteiger partial charge in [0.25, 0.3) is 5.56 Å². The summed E-state index contributed by atoms with van der Waals surface area (Å²) in [5.74, 6) is 0.737. The van der Waals surface area contributed by atoms with Gasteiger partial charge in [0.05, 0.1) is 16.6 Å². The molecule has 1 aromatic heterocycles. The van der Waals surface area contributed by atoms with Gasteiger partial charge in [0.15, 0.2) is 5.16 Å². The van der Waals surface area contributed by atoms with E-state index in [1.165, 1.54) is 22.3 Å². The van der Waals surface area contributed by atoms with Gasteiger partial charge in [-0.2, -0.15) is 0 Å². The van der Waals surface area contributed by atoms with E-state index in [9.17, 15) is 4.79 Å². The third-order valence-corrected chi connectivity index (χ3v) is 6.95. The maximum Gasteiger partial charge on any atom is 0.266 e. The van der Waals surface area contributed by atoms with E-state index < -0.39 is 0 Å². The molecule has 0 atom stereocenters. The summed E-state index contributed by atoms with van der Waals surface area (Å²) in [6, 6.07) is 19.4. The Kier molecular flexibility index (Phi) is 6.19. The van der Waals surface area contributed by atoms with Crippen LogP contribution in [0.25, 0.3) is 16.6 Å². The summed E-state index contributed by atoms with van der Waals surface area (Å²) in [6.45, 7) is 11.0. The average molecular weight is 463 g/mol. The van der Waals surface area contributed by atoms with Gasteiger partial charge in [0, 0.05) is 10.8 Å². The van der Waals surface area contributed by atoms with E-state index in [-0.39, 0.29) is 11.0 Å². The van der Waals surface area contributed by atoms with E-state index in [4.69, 9.17) is 16.6 Å². The first-order chi connectivity index (χ1) is 15.1. The molecule has 0 aliphatic heterocycles. The fraction of sp³-hybridized carbons (Fsp3) is 0.259. The summed E-state index contributed by atoms with van der Waals surface area (Å²) in [7, 11) is 0. The predicted octanol–water partition coefficient (Wildman–Crippen LogP) is 7.25. The van der Waals surface area contributed by atoms with E-state index in [1.54, 1.807) is 28.5 Å². The minimum absolute atomic E-state index is 0.0723. The van der Waals surface area contributed by atoms with Gasteiger partial charge in [-0.3, -0.25) is 9.36 Å². The Morgan fingerprint density at radius 2 is 1.59 bits per heavy atom. The van der Waals surface area contributed by atoms with Crippen molar-refractivity contribution in [3.8, 4) is 5.69 Å². The molecule has 0 amide bonds. The van der Waals surface area contributed by atoms with Crippen LogP contribution in [0.15, 0.2) is 70.6 Å². The predicted molar refractivity (Wildman–Crippen MR) is 137 cm³/mol. The molecule has 0 saturated carbocycles. The largest absolute Gasteiger partial charge is 0.268 e. The normalized spacial score (nSPS) is 11.8. The highest BCUT2D eigenvalue weighted by Crippen LogP contribution is 2.31. The number of thioether (sulfide) groups is 1. The zero-order chi connectivity index (χ0) is 23.0. The van der Waals surface area contributed by atoms with Crippen molar-refractivity contribution in [2.75, 3.05) is 0 Å². The zero-order valence-electron chi connectivity index (χ0n) is 19.1. The number of aromatic nitrogens is 2. The lowest BCUT2D eigenvalue weighted by Crippen LogP contribution is -2.21. The highest BCUT2D eigenvalue weighted by molar-refractivity contribution is 7.98. The van der Waals surface area contributed by atoms with E-state index in [0.717, 1.165) is 11.4 Å². The first-order valence-electron chi connectivity index (χ1n) is 10.7. The van der Waals surface area contributed by atoms with Crippen molar-refractivity contribution < 1.29 is 0 Å². The first kappa shape index (κ1) is 22.6. The number of benzene rings is 3. The summed E-state index contributed by atoms with van der Waals surface area (Å²) < 4.78 is 1.69. The lowest BCUT2D eigenvalue weighted by Gasteiger charge is -2.22. The standard InChI is InChI=1S/C27H27ClN2OS/c1-17-14-19(27(3,4)5)15-18(2)23(17)16-32-26-29-24-9-7-6-8-22(24)25(31)30(26)21-12-10-20(28)11-13-21/h6-15H,16H2,1-5H3. The van der Waals surface area contributed by atoms with Crippen LogP contribution >= 0.6 is 23.4 Å². The molecule has 32 heavy (non-hydrogen) atoms. The molecule has 164 valence electrons. The molecule has 0 aliphatic carbocycles. The minimum atomic E-state index is -0.0723. The molecule has 4 rings (SSSR count). The molecular weight excluding hydrogens is 436 g/mol. The van der Waals surface area contributed by atoms with E-state index in [2.05, 4.69) is 46.8 Å². The number of rotatable bonds is 4. The maximum absolute atomic E-state index is 13.4. The van der Waals surface area contributed by atoms with Crippen LogP contribution in [0.5, 0.6) is 0 Å². The monoisotopic (exact) mass is 462 g/mol. The smallest absolute Gasteiger partial charge is 0.266 e. The van der Waals surface area contributed by atoms with Crippen LogP contribution in [0, 0.1) is 13.8 Å². The van der Waals surface area contributed by atoms with E-state index in [0.29, 0.717) is 21.1 Å². The van der Waals surface area contributed by atoms with Crippen molar-refractivity contribution in [3.05, 3.63) is 98.3 Å². The van der Waals surface area contributed by atoms with Gasteiger partial charge in [-0.05, 0) is 77.9 Å². The first-order valence-corrected chi connectivity index (χ1v) is 12.0. The Morgan fingerprint density at radius 1 is 0.969 bits per heavy atom. The second kappa shape index (κ2) is 8.76. The van der Waals surface area contributed by atoms with Gasteiger partial charge in [-0.25, -0.2) is 4.98 Å². The van der Waals surface area contributed by atoms with Gasteiger partial charge in [-0.15, -0.1) is 0 Å². The van der Waals surface area contributed by atoms with Gasteiger partial charge in [0.2, 0.25) is 0 Å². The molecule has 0 saturated heterocycles. The molecule has 1 heterocycles. The summed E-state index contributed by atoms with van der Waals surface area (Å²) in [4.78, 5) is 18.3. The molecule has 5 heteroatoms. The highest BCUT2D eigenvalue weighted by atomic mass is 35.5. The molecule has 0 aliphatic rings. The Hall–Kier alpha value is -2.56. The van der Waals surface area contributed by atoms with E-state index in [1.807, 2.05) is 36.4 Å². The number of nitrogens with zero attached hydrogens (tertiary/aromatic N) is 2.